The van der Waals surface area contributed by atoms with Gasteiger partial charge >= 0.3 is 0 Å². The number of carbonyl (C=O) groups excluding carboxylic acids is 2. The molecule has 0 aliphatic carbocycles. The molecule has 22 heavy (non-hydrogen) atoms. The van der Waals surface area contributed by atoms with Crippen LogP contribution in [0, 0.1) is 5.41 Å². The molecule has 1 aromatic rings. The van der Waals surface area contributed by atoms with Crippen molar-refractivity contribution < 1.29 is 19.4 Å². The van der Waals surface area contributed by atoms with Gasteiger partial charge < -0.3 is 20.1 Å². The number of nitrogens with one attached hydrogen (secondary N) is 1. The summed E-state index contributed by atoms with van der Waals surface area (Å²) in [4.78, 5) is 24.9. The number of fused-ring (bicyclic) bond motifs is 3. The van der Waals surface area contributed by atoms with Crippen LogP contribution in [0.3, 0.4) is 0 Å². The van der Waals surface area contributed by atoms with Gasteiger partial charge in [0.05, 0.1) is 25.2 Å². The van der Waals surface area contributed by atoms with Crippen molar-refractivity contribution >= 4 is 11.8 Å². The highest BCUT2D eigenvalue weighted by Crippen LogP contribution is 2.49. The normalized spacial score (nSPS) is 25.9. The quantitative estimate of drug-likeness (QED) is 0.831. The average Bonchev–Trinajstić information content (AvgIpc) is 2.93. The van der Waals surface area contributed by atoms with Gasteiger partial charge in [-0.2, -0.15) is 0 Å². The van der Waals surface area contributed by atoms with Crippen molar-refractivity contribution in [2.75, 3.05) is 32.8 Å². The first-order valence-electron chi connectivity index (χ1n) is 7.40. The van der Waals surface area contributed by atoms with E-state index in [1.54, 1.807) is 4.90 Å². The zero-order valence-electron chi connectivity index (χ0n) is 12.5. The molecule has 1 aromatic carbocycles. The van der Waals surface area contributed by atoms with Crippen LogP contribution in [0.15, 0.2) is 24.3 Å². The summed E-state index contributed by atoms with van der Waals surface area (Å²) in [5, 5.41) is 12.4. The number of rotatable bonds is 3. The lowest BCUT2D eigenvalue weighted by atomic mass is 9.74. The Hall–Kier alpha value is -2.08. The second kappa shape index (κ2) is 5.61. The molecule has 6 nitrogen and oxygen atoms in total. The third-order valence-electron chi connectivity index (χ3n) is 4.61. The fraction of sp³-hybridized carbons (Fsp3) is 0.500. The zero-order chi connectivity index (χ0) is 15.7. The van der Waals surface area contributed by atoms with E-state index in [1.165, 1.54) is 6.92 Å². The zero-order valence-corrected chi connectivity index (χ0v) is 12.5. The Labute approximate surface area is 129 Å². The van der Waals surface area contributed by atoms with Crippen LogP contribution in [0.2, 0.25) is 0 Å². The van der Waals surface area contributed by atoms with Crippen molar-refractivity contribution in [3.05, 3.63) is 29.8 Å². The second-order valence-corrected chi connectivity index (χ2v) is 6.08. The van der Waals surface area contributed by atoms with Gasteiger partial charge in [0.2, 0.25) is 11.8 Å². The minimum atomic E-state index is -0.458. The topological polar surface area (TPSA) is 78.9 Å². The molecule has 6 heteroatoms. The van der Waals surface area contributed by atoms with E-state index in [-0.39, 0.29) is 30.9 Å². The van der Waals surface area contributed by atoms with Crippen LogP contribution < -0.4 is 10.1 Å². The van der Waals surface area contributed by atoms with Crippen molar-refractivity contribution in [1.29, 1.82) is 0 Å². The first-order chi connectivity index (χ1) is 10.6. The first kappa shape index (κ1) is 14.8. The number of ether oxygens (including phenoxy) is 1. The Bertz CT molecular complexity index is 604. The lowest BCUT2D eigenvalue weighted by Gasteiger charge is -2.37. The second-order valence-electron chi connectivity index (χ2n) is 6.08. The van der Waals surface area contributed by atoms with Crippen molar-refractivity contribution in [3.8, 4) is 5.75 Å². The highest BCUT2D eigenvalue weighted by molar-refractivity contribution is 5.84. The highest BCUT2D eigenvalue weighted by Gasteiger charge is 2.51. The number of hydrogen-bond acceptors (Lipinski definition) is 4. The van der Waals surface area contributed by atoms with E-state index in [0.29, 0.717) is 19.7 Å². The van der Waals surface area contributed by atoms with Crippen LogP contribution in [0.25, 0.3) is 0 Å². The van der Waals surface area contributed by atoms with Gasteiger partial charge in [0.15, 0.2) is 0 Å². The molecule has 2 N–H and O–H groups in total. The van der Waals surface area contributed by atoms with Crippen molar-refractivity contribution in [2.24, 2.45) is 5.41 Å². The molecular weight excluding hydrogens is 284 g/mol. The summed E-state index contributed by atoms with van der Waals surface area (Å²) in [6.07, 6.45) is 0. The molecule has 1 fully saturated rings. The molecule has 118 valence electrons. The number of aliphatic hydroxyl groups excluding tert-OH is 1. The molecule has 0 spiro atoms. The lowest BCUT2D eigenvalue weighted by Crippen LogP contribution is -2.43. The number of nitrogens with zero attached hydrogens (tertiary/aromatic N) is 1. The molecular formula is C16H20N2O4. The van der Waals surface area contributed by atoms with Gasteiger partial charge in [-0.25, -0.2) is 0 Å². The number of benzene rings is 1. The van der Waals surface area contributed by atoms with Crippen LogP contribution in [0.4, 0.5) is 0 Å². The number of para-hydroxylation sites is 1. The number of likely N-dealkylation sites (tertiary alicyclic amines) is 1. The number of carbonyl (C=O) groups is 2. The smallest absolute Gasteiger partial charge is 0.242 e. The Morgan fingerprint density at radius 1 is 1.45 bits per heavy atom. The fourth-order valence-electron chi connectivity index (χ4n) is 3.37. The predicted octanol–water partition coefficient (Wildman–Crippen LogP) is 0.120. The Balaban J connectivity index is 1.82. The van der Waals surface area contributed by atoms with Gasteiger partial charge in [-0.05, 0) is 11.6 Å². The molecule has 2 amide bonds. The molecule has 0 saturated carbocycles. The van der Waals surface area contributed by atoms with Gasteiger partial charge in [0.25, 0.3) is 0 Å². The average molecular weight is 304 g/mol. The Morgan fingerprint density at radius 3 is 2.95 bits per heavy atom. The van der Waals surface area contributed by atoms with E-state index in [4.69, 9.17) is 4.74 Å². The molecule has 0 aromatic heterocycles. The maximum atomic E-state index is 12.3. The van der Waals surface area contributed by atoms with E-state index in [9.17, 15) is 14.7 Å². The van der Waals surface area contributed by atoms with E-state index in [0.717, 1.165) is 11.3 Å². The third-order valence-corrected chi connectivity index (χ3v) is 4.61. The maximum absolute atomic E-state index is 12.3. The van der Waals surface area contributed by atoms with Crippen LogP contribution in [0.1, 0.15) is 18.4 Å². The van der Waals surface area contributed by atoms with E-state index in [2.05, 4.69) is 5.32 Å². The predicted molar refractivity (Wildman–Crippen MR) is 79.5 cm³/mol. The van der Waals surface area contributed by atoms with Crippen molar-refractivity contribution in [1.82, 2.24) is 10.2 Å². The van der Waals surface area contributed by atoms with Gasteiger partial charge in [-0.3, -0.25) is 9.59 Å². The minimum absolute atomic E-state index is 0.00787. The molecule has 3 rings (SSSR count). The number of hydrogen-bond donors (Lipinski definition) is 2. The molecule has 2 aliphatic rings. The molecule has 0 radical (unpaired) electrons. The third kappa shape index (κ3) is 2.43. The molecule has 2 heterocycles. The summed E-state index contributed by atoms with van der Waals surface area (Å²) in [6, 6.07) is 7.76. The largest absolute Gasteiger partial charge is 0.493 e. The van der Waals surface area contributed by atoms with Crippen molar-refractivity contribution in [2.45, 2.75) is 12.8 Å². The highest BCUT2D eigenvalue weighted by atomic mass is 16.5. The summed E-state index contributed by atoms with van der Waals surface area (Å²) in [6.45, 7) is 2.73. The Kier molecular flexibility index (Phi) is 3.78. The van der Waals surface area contributed by atoms with Crippen LogP contribution in [0.5, 0.6) is 5.75 Å². The summed E-state index contributed by atoms with van der Waals surface area (Å²) in [5.41, 5.74) is 0.581. The minimum Gasteiger partial charge on any atom is -0.493 e. The Morgan fingerprint density at radius 2 is 2.23 bits per heavy atom. The van der Waals surface area contributed by atoms with Crippen LogP contribution >= 0.6 is 0 Å². The SMILES string of the molecule is CC(=O)NCC(=O)N1C[C@@H]2c3ccccc3OC[C@]2(CO)C1. The summed E-state index contributed by atoms with van der Waals surface area (Å²) in [5.74, 6) is 0.530. The number of amides is 2. The summed E-state index contributed by atoms with van der Waals surface area (Å²) >= 11 is 0. The molecule has 2 aliphatic heterocycles. The lowest BCUT2D eigenvalue weighted by molar-refractivity contribution is -0.132. The first-order valence-corrected chi connectivity index (χ1v) is 7.40. The van der Waals surface area contributed by atoms with E-state index in [1.807, 2.05) is 24.3 Å². The van der Waals surface area contributed by atoms with Crippen molar-refractivity contribution in [3.63, 3.8) is 0 Å². The monoisotopic (exact) mass is 304 g/mol. The van der Waals surface area contributed by atoms with E-state index >= 15 is 0 Å². The molecule has 0 unspecified atom stereocenters. The molecule has 0 bridgehead atoms. The van der Waals surface area contributed by atoms with E-state index < -0.39 is 5.41 Å². The van der Waals surface area contributed by atoms with Crippen LogP contribution in [-0.4, -0.2) is 54.7 Å². The maximum Gasteiger partial charge on any atom is 0.242 e. The fourth-order valence-corrected chi connectivity index (χ4v) is 3.37. The van der Waals surface area contributed by atoms with Gasteiger partial charge in [-0.1, -0.05) is 18.2 Å². The summed E-state index contributed by atoms with van der Waals surface area (Å²) in [7, 11) is 0. The van der Waals surface area contributed by atoms with Gasteiger partial charge in [0.1, 0.15) is 5.75 Å². The van der Waals surface area contributed by atoms with Gasteiger partial charge in [0, 0.05) is 25.9 Å². The van der Waals surface area contributed by atoms with Crippen LogP contribution in [-0.2, 0) is 9.59 Å². The summed E-state index contributed by atoms with van der Waals surface area (Å²) < 4.78 is 5.79. The number of aliphatic hydroxyl groups is 1. The standard InChI is InChI=1S/C16H20N2O4/c1-11(20)17-6-15(21)18-7-13-12-4-2-3-5-14(12)22-10-16(13,8-18)9-19/h2-5,13,19H,6-10H2,1H3,(H,17,20)/t13-,16-/m1/s1. The van der Waals surface area contributed by atoms with Gasteiger partial charge in [-0.15, -0.1) is 0 Å². The molecule has 1 saturated heterocycles. The molecule has 2 atom stereocenters.